The van der Waals surface area contributed by atoms with Crippen LogP contribution in [0.5, 0.6) is 0 Å². The first kappa shape index (κ1) is 16.3. The third kappa shape index (κ3) is 4.76. The highest BCUT2D eigenvalue weighted by Crippen LogP contribution is 2.36. The van der Waals surface area contributed by atoms with Crippen LogP contribution < -0.4 is 0 Å². The van der Waals surface area contributed by atoms with Crippen LogP contribution in [0.25, 0.3) is 0 Å². The maximum absolute atomic E-state index is 4.56. The van der Waals surface area contributed by atoms with Gasteiger partial charge in [0.2, 0.25) is 0 Å². The molecule has 1 aromatic heterocycles. The minimum atomic E-state index is 0.243. The third-order valence-corrected chi connectivity index (χ3v) is 5.29. The zero-order chi connectivity index (χ0) is 13.4. The highest BCUT2D eigenvalue weighted by Gasteiger charge is 2.30. The summed E-state index contributed by atoms with van der Waals surface area (Å²) in [5.74, 6) is 0. The van der Waals surface area contributed by atoms with Crippen molar-refractivity contribution in [1.29, 1.82) is 0 Å². The molecule has 1 atom stereocenters. The van der Waals surface area contributed by atoms with Crippen molar-refractivity contribution < 1.29 is 0 Å². The molecule has 0 aliphatic heterocycles. The standard InChI is InChI=1S/C14H25IN2S/c1-4-6-8-9-11-14(3,10-7-5-2)12-13(15)17-18-16-12/h4-11H2,1-3H3. The predicted octanol–water partition coefficient (Wildman–Crippen LogP) is 5.56. The highest BCUT2D eigenvalue weighted by atomic mass is 127. The van der Waals surface area contributed by atoms with Crippen LogP contribution in [0.2, 0.25) is 0 Å². The Morgan fingerprint density at radius 2 is 1.67 bits per heavy atom. The van der Waals surface area contributed by atoms with Crippen LogP contribution in [-0.2, 0) is 5.41 Å². The number of nitrogens with zero attached hydrogens (tertiary/aromatic N) is 2. The monoisotopic (exact) mass is 380 g/mol. The zero-order valence-corrected chi connectivity index (χ0v) is 14.8. The molecule has 0 bridgehead atoms. The Bertz CT molecular complexity index is 340. The zero-order valence-electron chi connectivity index (χ0n) is 11.8. The fourth-order valence-electron chi connectivity index (χ4n) is 2.41. The van der Waals surface area contributed by atoms with E-state index in [-0.39, 0.29) is 5.41 Å². The van der Waals surface area contributed by atoms with Gasteiger partial charge in [-0.05, 0) is 35.4 Å². The van der Waals surface area contributed by atoms with Crippen molar-refractivity contribution >= 4 is 34.3 Å². The molecule has 0 amide bonds. The number of hydrogen-bond acceptors (Lipinski definition) is 3. The van der Waals surface area contributed by atoms with Gasteiger partial charge in [-0.1, -0.05) is 59.3 Å². The second kappa shape index (κ2) is 8.46. The van der Waals surface area contributed by atoms with Crippen LogP contribution in [0.15, 0.2) is 0 Å². The van der Waals surface area contributed by atoms with E-state index in [4.69, 9.17) is 0 Å². The minimum absolute atomic E-state index is 0.243. The molecule has 0 fully saturated rings. The van der Waals surface area contributed by atoms with Gasteiger partial charge >= 0.3 is 0 Å². The summed E-state index contributed by atoms with van der Waals surface area (Å²) in [7, 11) is 0. The van der Waals surface area contributed by atoms with Gasteiger partial charge in [-0.3, -0.25) is 0 Å². The highest BCUT2D eigenvalue weighted by molar-refractivity contribution is 14.1. The van der Waals surface area contributed by atoms with Crippen molar-refractivity contribution in [3.05, 3.63) is 9.39 Å². The molecule has 18 heavy (non-hydrogen) atoms. The lowest BCUT2D eigenvalue weighted by Gasteiger charge is -2.28. The van der Waals surface area contributed by atoms with E-state index in [2.05, 4.69) is 52.1 Å². The van der Waals surface area contributed by atoms with Crippen molar-refractivity contribution in [2.45, 2.75) is 77.6 Å². The van der Waals surface area contributed by atoms with E-state index in [1.165, 1.54) is 68.8 Å². The molecule has 1 aromatic rings. The molecule has 0 saturated carbocycles. The number of unbranched alkanes of at least 4 members (excludes halogenated alkanes) is 4. The molecule has 0 aliphatic rings. The Kier molecular flexibility index (Phi) is 7.68. The molecule has 104 valence electrons. The number of aromatic nitrogens is 2. The summed E-state index contributed by atoms with van der Waals surface area (Å²) < 4.78 is 10.0. The molecular formula is C14H25IN2S. The minimum Gasteiger partial charge on any atom is -0.176 e. The molecule has 0 aliphatic carbocycles. The molecule has 1 rings (SSSR count). The summed E-state index contributed by atoms with van der Waals surface area (Å²) >= 11 is 3.70. The Morgan fingerprint density at radius 1 is 1.00 bits per heavy atom. The van der Waals surface area contributed by atoms with Crippen LogP contribution in [0.1, 0.15) is 77.8 Å². The van der Waals surface area contributed by atoms with E-state index in [0.717, 1.165) is 3.70 Å². The SMILES string of the molecule is CCCCCCC(C)(CCCC)c1nsnc1I. The van der Waals surface area contributed by atoms with Gasteiger partial charge < -0.3 is 0 Å². The molecule has 0 spiro atoms. The first-order chi connectivity index (χ1) is 8.64. The summed E-state index contributed by atoms with van der Waals surface area (Å²) in [4.78, 5) is 0. The molecule has 2 nitrogen and oxygen atoms in total. The van der Waals surface area contributed by atoms with Gasteiger partial charge in [0.05, 0.1) is 17.4 Å². The van der Waals surface area contributed by atoms with E-state index in [1.54, 1.807) is 0 Å². The molecule has 1 unspecified atom stereocenters. The van der Waals surface area contributed by atoms with Gasteiger partial charge in [0.1, 0.15) is 3.70 Å². The number of rotatable bonds is 9. The Balaban J connectivity index is 2.66. The third-order valence-electron chi connectivity index (χ3n) is 3.68. The fourth-order valence-corrected chi connectivity index (χ4v) is 4.19. The van der Waals surface area contributed by atoms with Crippen molar-refractivity contribution in [3.63, 3.8) is 0 Å². The summed E-state index contributed by atoms with van der Waals surface area (Å²) in [6.07, 6.45) is 10.4. The normalized spacial score (nSPS) is 14.7. The van der Waals surface area contributed by atoms with Gasteiger partial charge in [-0.2, -0.15) is 8.75 Å². The van der Waals surface area contributed by atoms with E-state index in [9.17, 15) is 0 Å². The molecule has 0 saturated heterocycles. The average Bonchev–Trinajstić information content (AvgIpc) is 2.79. The van der Waals surface area contributed by atoms with Crippen molar-refractivity contribution in [2.75, 3.05) is 0 Å². The van der Waals surface area contributed by atoms with E-state index < -0.39 is 0 Å². The first-order valence-electron chi connectivity index (χ1n) is 7.12. The Labute approximate surface area is 129 Å². The number of hydrogen-bond donors (Lipinski definition) is 0. The molecule has 0 aromatic carbocycles. The lowest BCUT2D eigenvalue weighted by atomic mass is 9.77. The van der Waals surface area contributed by atoms with Gasteiger partial charge in [0.25, 0.3) is 0 Å². The predicted molar refractivity (Wildman–Crippen MR) is 88.3 cm³/mol. The Morgan fingerprint density at radius 3 is 2.22 bits per heavy atom. The van der Waals surface area contributed by atoms with E-state index in [0.29, 0.717) is 0 Å². The topological polar surface area (TPSA) is 25.8 Å². The van der Waals surface area contributed by atoms with Crippen molar-refractivity contribution in [2.24, 2.45) is 0 Å². The largest absolute Gasteiger partial charge is 0.176 e. The molecule has 4 heteroatoms. The van der Waals surface area contributed by atoms with Gasteiger partial charge in [0.15, 0.2) is 0 Å². The molecular weight excluding hydrogens is 355 g/mol. The maximum atomic E-state index is 4.56. The van der Waals surface area contributed by atoms with Crippen LogP contribution >= 0.6 is 34.3 Å². The molecule has 0 N–H and O–H groups in total. The maximum Gasteiger partial charge on any atom is 0.138 e. The number of halogens is 1. The van der Waals surface area contributed by atoms with Crippen LogP contribution in [0, 0.1) is 3.70 Å². The summed E-state index contributed by atoms with van der Waals surface area (Å²) in [6.45, 7) is 6.92. The lowest BCUT2D eigenvalue weighted by Crippen LogP contribution is -2.23. The second-order valence-electron chi connectivity index (χ2n) is 5.38. The molecule has 0 radical (unpaired) electrons. The summed E-state index contributed by atoms with van der Waals surface area (Å²) in [5.41, 5.74) is 1.49. The Hall–Kier alpha value is 0.290. The second-order valence-corrected chi connectivity index (χ2v) is 6.93. The van der Waals surface area contributed by atoms with Crippen LogP contribution in [0.3, 0.4) is 0 Å². The van der Waals surface area contributed by atoms with Crippen molar-refractivity contribution in [3.8, 4) is 0 Å². The van der Waals surface area contributed by atoms with Crippen LogP contribution in [0.4, 0.5) is 0 Å². The molecule has 1 heterocycles. The van der Waals surface area contributed by atoms with Gasteiger partial charge in [-0.15, -0.1) is 0 Å². The fraction of sp³-hybridized carbons (Fsp3) is 0.857. The van der Waals surface area contributed by atoms with E-state index in [1.807, 2.05) is 0 Å². The summed E-state index contributed by atoms with van der Waals surface area (Å²) in [6, 6.07) is 0. The lowest BCUT2D eigenvalue weighted by molar-refractivity contribution is 0.360. The first-order valence-corrected chi connectivity index (χ1v) is 8.93. The van der Waals surface area contributed by atoms with Crippen molar-refractivity contribution in [1.82, 2.24) is 8.75 Å². The van der Waals surface area contributed by atoms with E-state index >= 15 is 0 Å². The quantitative estimate of drug-likeness (QED) is 0.414. The summed E-state index contributed by atoms with van der Waals surface area (Å²) in [5, 5.41) is 0. The van der Waals surface area contributed by atoms with Crippen LogP contribution in [-0.4, -0.2) is 8.75 Å². The van der Waals surface area contributed by atoms with Gasteiger partial charge in [-0.25, -0.2) is 0 Å². The smallest absolute Gasteiger partial charge is 0.138 e. The van der Waals surface area contributed by atoms with Gasteiger partial charge in [0, 0.05) is 5.41 Å². The average molecular weight is 380 g/mol.